The number of sulfonamides is 1. The fraction of sp³-hybridized carbons (Fsp3) is 0.273. The Morgan fingerprint density at radius 1 is 1.10 bits per heavy atom. The van der Waals surface area contributed by atoms with Crippen LogP contribution in [-0.2, 0) is 14.8 Å². The third-order valence-corrected chi connectivity index (χ3v) is 6.06. The lowest BCUT2D eigenvalue weighted by Crippen LogP contribution is -2.42. The summed E-state index contributed by atoms with van der Waals surface area (Å²) < 4.78 is 38.4. The van der Waals surface area contributed by atoms with Crippen molar-refractivity contribution in [1.82, 2.24) is 4.72 Å². The molecule has 3 rings (SSSR count). The summed E-state index contributed by atoms with van der Waals surface area (Å²) in [5.74, 6) is -0.561. The van der Waals surface area contributed by atoms with Crippen molar-refractivity contribution in [2.75, 3.05) is 0 Å². The van der Waals surface area contributed by atoms with E-state index in [1.165, 1.54) is 24.3 Å². The lowest BCUT2D eigenvalue weighted by molar-refractivity contribution is -0.136. The van der Waals surface area contributed by atoms with Gasteiger partial charge in [0.25, 0.3) is 0 Å². The van der Waals surface area contributed by atoms with Crippen LogP contribution in [0.3, 0.4) is 0 Å². The Hall–Kier alpha value is -2.97. The molecule has 0 aliphatic rings. The summed E-state index contributed by atoms with van der Waals surface area (Å²) in [5, 5.41) is 0.678. The number of carbonyl (C=O) groups is 1. The van der Waals surface area contributed by atoms with Gasteiger partial charge in [0, 0.05) is 17.5 Å². The maximum Gasteiger partial charge on any atom is 0.336 e. The first kappa shape index (κ1) is 21.7. The maximum atomic E-state index is 12.7. The van der Waals surface area contributed by atoms with Crippen LogP contribution in [0.15, 0.2) is 68.7 Å². The van der Waals surface area contributed by atoms with E-state index in [9.17, 15) is 18.0 Å². The van der Waals surface area contributed by atoms with Gasteiger partial charge in [0.2, 0.25) is 10.0 Å². The monoisotopic (exact) mass is 429 g/mol. The Bertz CT molecular complexity index is 1200. The zero-order chi connectivity index (χ0) is 21.7. The van der Waals surface area contributed by atoms with Crippen molar-refractivity contribution in [3.63, 3.8) is 0 Å². The third kappa shape index (κ3) is 5.34. The fourth-order valence-corrected chi connectivity index (χ4v) is 4.12. The van der Waals surface area contributed by atoms with Crippen LogP contribution in [0.2, 0.25) is 0 Å². The number of benzene rings is 2. The first-order valence-electron chi connectivity index (χ1n) is 9.63. The van der Waals surface area contributed by atoms with Crippen LogP contribution in [-0.4, -0.2) is 20.4 Å². The summed E-state index contributed by atoms with van der Waals surface area (Å²) in [4.78, 5) is 24.2. The molecular formula is C22H23NO6S. The maximum absolute atomic E-state index is 12.7. The number of ether oxygens (including phenoxy) is 1. The van der Waals surface area contributed by atoms with Crippen molar-refractivity contribution < 1.29 is 22.4 Å². The molecule has 0 bridgehead atoms. The molecule has 1 N–H and O–H groups in total. The summed E-state index contributed by atoms with van der Waals surface area (Å²) >= 11 is 0. The molecule has 1 atom stereocenters. The van der Waals surface area contributed by atoms with E-state index in [2.05, 4.69) is 4.72 Å². The molecule has 158 valence electrons. The van der Waals surface area contributed by atoms with E-state index in [1.807, 2.05) is 13.8 Å². The predicted molar refractivity (Wildman–Crippen MR) is 113 cm³/mol. The van der Waals surface area contributed by atoms with Crippen molar-refractivity contribution in [3.05, 3.63) is 70.6 Å². The van der Waals surface area contributed by atoms with E-state index in [0.717, 1.165) is 12.0 Å². The fourth-order valence-electron chi connectivity index (χ4n) is 2.90. The van der Waals surface area contributed by atoms with E-state index in [-0.39, 0.29) is 16.2 Å². The molecule has 0 amide bonds. The van der Waals surface area contributed by atoms with Gasteiger partial charge in [-0.2, -0.15) is 4.72 Å². The topological polar surface area (TPSA) is 103 Å². The zero-order valence-electron chi connectivity index (χ0n) is 16.8. The molecule has 1 aromatic heterocycles. The van der Waals surface area contributed by atoms with Crippen molar-refractivity contribution in [3.8, 4) is 5.75 Å². The Kier molecular flexibility index (Phi) is 6.69. The van der Waals surface area contributed by atoms with Crippen LogP contribution in [0, 0.1) is 6.92 Å². The summed E-state index contributed by atoms with van der Waals surface area (Å²) in [6.07, 6.45) is 1.73. The van der Waals surface area contributed by atoms with E-state index in [4.69, 9.17) is 9.15 Å². The van der Waals surface area contributed by atoms with Gasteiger partial charge in [0.1, 0.15) is 17.4 Å². The molecule has 30 heavy (non-hydrogen) atoms. The number of hydrogen-bond acceptors (Lipinski definition) is 6. The Morgan fingerprint density at radius 3 is 2.50 bits per heavy atom. The number of fused-ring (bicyclic) bond motifs is 1. The molecule has 8 heteroatoms. The average molecular weight is 429 g/mol. The highest BCUT2D eigenvalue weighted by molar-refractivity contribution is 7.89. The van der Waals surface area contributed by atoms with Crippen molar-refractivity contribution >= 4 is 27.0 Å². The largest absolute Gasteiger partial charge is 0.425 e. The van der Waals surface area contributed by atoms with Gasteiger partial charge >= 0.3 is 11.6 Å². The summed E-state index contributed by atoms with van der Waals surface area (Å²) in [6.45, 7) is 3.80. The molecule has 0 saturated carbocycles. The van der Waals surface area contributed by atoms with Crippen LogP contribution in [0.5, 0.6) is 5.75 Å². The lowest BCUT2D eigenvalue weighted by Gasteiger charge is -2.17. The van der Waals surface area contributed by atoms with Gasteiger partial charge in [-0.25, -0.2) is 18.0 Å². The van der Waals surface area contributed by atoms with Crippen molar-refractivity contribution in [2.45, 2.75) is 44.0 Å². The number of rotatable bonds is 8. The van der Waals surface area contributed by atoms with Gasteiger partial charge < -0.3 is 9.15 Å². The highest BCUT2D eigenvalue weighted by Gasteiger charge is 2.27. The van der Waals surface area contributed by atoms with Crippen molar-refractivity contribution in [1.29, 1.82) is 0 Å². The summed E-state index contributed by atoms with van der Waals surface area (Å²) in [7, 11) is -3.89. The highest BCUT2D eigenvalue weighted by atomic mass is 32.2. The second kappa shape index (κ2) is 9.23. The number of aryl methyl sites for hydroxylation is 1. The second-order valence-corrected chi connectivity index (χ2v) is 8.72. The molecule has 0 fully saturated rings. The highest BCUT2D eigenvalue weighted by Crippen LogP contribution is 2.21. The number of unbranched alkanes of at least 4 members (excludes halogenated alkanes) is 1. The van der Waals surface area contributed by atoms with Gasteiger partial charge in [0.15, 0.2) is 0 Å². The van der Waals surface area contributed by atoms with Crippen molar-refractivity contribution in [2.24, 2.45) is 0 Å². The molecule has 0 aliphatic heterocycles. The normalized spacial score (nSPS) is 12.6. The minimum absolute atomic E-state index is 0.0786. The number of nitrogens with one attached hydrogen (secondary N) is 1. The summed E-state index contributed by atoms with van der Waals surface area (Å²) in [5.41, 5.74) is 0.689. The van der Waals surface area contributed by atoms with Crippen LogP contribution in [0.4, 0.5) is 0 Å². The molecular weight excluding hydrogens is 406 g/mol. The minimum Gasteiger partial charge on any atom is -0.425 e. The molecule has 0 aliphatic carbocycles. The van der Waals surface area contributed by atoms with Crippen LogP contribution >= 0.6 is 0 Å². The summed E-state index contributed by atoms with van der Waals surface area (Å²) in [6, 6.07) is 12.9. The minimum atomic E-state index is -3.89. The molecule has 7 nitrogen and oxygen atoms in total. The number of carbonyl (C=O) groups excluding carboxylic acids is 1. The third-order valence-electron chi connectivity index (χ3n) is 4.57. The molecule has 0 saturated heterocycles. The van der Waals surface area contributed by atoms with Gasteiger partial charge in [-0.1, -0.05) is 37.5 Å². The van der Waals surface area contributed by atoms with Crippen LogP contribution in [0.1, 0.15) is 31.7 Å². The molecule has 0 radical (unpaired) electrons. The SMILES string of the molecule is CCCC[C@H](NS(=O)(=O)c1ccc(C)cc1)C(=O)Oc1ccc2ccc(=O)oc2c1. The molecule has 3 aromatic rings. The molecule has 2 aromatic carbocycles. The molecule has 0 unspecified atom stereocenters. The Labute approximate surface area is 174 Å². The molecule has 1 heterocycles. The Morgan fingerprint density at radius 2 is 1.80 bits per heavy atom. The smallest absolute Gasteiger partial charge is 0.336 e. The lowest BCUT2D eigenvalue weighted by atomic mass is 10.1. The van der Waals surface area contributed by atoms with Crippen LogP contribution in [0.25, 0.3) is 11.0 Å². The van der Waals surface area contributed by atoms with E-state index < -0.39 is 27.7 Å². The number of esters is 1. The van der Waals surface area contributed by atoms with Gasteiger partial charge in [-0.3, -0.25) is 0 Å². The Balaban J connectivity index is 1.81. The standard InChI is InChI=1S/C22H23NO6S/c1-3-4-5-19(23-30(26,27)18-11-6-15(2)7-12-18)22(25)28-17-10-8-16-9-13-21(24)29-20(16)14-17/h6-14,19,23H,3-5H2,1-2H3/t19-/m0/s1. The molecule has 0 spiro atoms. The van der Waals surface area contributed by atoms with Gasteiger partial charge in [-0.05, 0) is 43.7 Å². The van der Waals surface area contributed by atoms with Gasteiger partial charge in [0.05, 0.1) is 4.90 Å². The van der Waals surface area contributed by atoms with Gasteiger partial charge in [-0.15, -0.1) is 0 Å². The second-order valence-electron chi connectivity index (χ2n) is 7.00. The quantitative estimate of drug-likeness (QED) is 0.334. The van der Waals surface area contributed by atoms with E-state index in [0.29, 0.717) is 18.2 Å². The predicted octanol–water partition coefficient (Wildman–Crippen LogP) is 3.54. The van der Waals surface area contributed by atoms with E-state index in [1.54, 1.807) is 30.3 Å². The zero-order valence-corrected chi connectivity index (χ0v) is 17.6. The first-order valence-corrected chi connectivity index (χ1v) is 11.1. The van der Waals surface area contributed by atoms with E-state index >= 15 is 0 Å². The van der Waals surface area contributed by atoms with Crippen LogP contribution < -0.4 is 15.1 Å². The first-order chi connectivity index (χ1) is 14.3. The number of hydrogen-bond donors (Lipinski definition) is 1. The average Bonchev–Trinajstić information content (AvgIpc) is 2.71.